The van der Waals surface area contributed by atoms with Crippen molar-refractivity contribution in [3.8, 4) is 0 Å². The lowest BCUT2D eigenvalue weighted by Crippen LogP contribution is -2.27. The van der Waals surface area contributed by atoms with E-state index in [-0.39, 0.29) is 11.9 Å². The topological polar surface area (TPSA) is 15.3 Å². The summed E-state index contributed by atoms with van der Waals surface area (Å²) in [7, 11) is 4.10. The van der Waals surface area contributed by atoms with Crippen molar-refractivity contribution < 1.29 is 4.39 Å². The monoisotopic (exact) mass is 266 g/mol. The molecule has 1 aromatic rings. The predicted molar refractivity (Wildman–Crippen MR) is 80.1 cm³/mol. The van der Waals surface area contributed by atoms with Crippen molar-refractivity contribution in [3.05, 3.63) is 34.6 Å². The van der Waals surface area contributed by atoms with Crippen LogP contribution in [0, 0.1) is 19.7 Å². The summed E-state index contributed by atoms with van der Waals surface area (Å²) in [5.74, 6) is -0.0788. The number of nitrogens with one attached hydrogen (secondary N) is 1. The zero-order valence-electron chi connectivity index (χ0n) is 12.9. The van der Waals surface area contributed by atoms with Crippen molar-refractivity contribution in [1.29, 1.82) is 0 Å². The maximum absolute atomic E-state index is 14.3. The first-order chi connectivity index (χ1) is 8.95. The number of nitrogens with zero attached hydrogens (tertiary/aromatic N) is 1. The molecule has 1 N–H and O–H groups in total. The average Bonchev–Trinajstić information content (AvgIpc) is 2.30. The van der Waals surface area contributed by atoms with Crippen LogP contribution < -0.4 is 5.32 Å². The molecule has 1 atom stereocenters. The molecule has 0 aliphatic rings. The first-order valence-corrected chi connectivity index (χ1v) is 7.10. The van der Waals surface area contributed by atoms with Crippen LogP contribution in [0.3, 0.4) is 0 Å². The highest BCUT2D eigenvalue weighted by molar-refractivity contribution is 5.34. The van der Waals surface area contributed by atoms with Gasteiger partial charge in [0.2, 0.25) is 0 Å². The lowest BCUT2D eigenvalue weighted by Gasteiger charge is -2.23. The summed E-state index contributed by atoms with van der Waals surface area (Å²) < 4.78 is 14.3. The Hall–Kier alpha value is -0.930. The molecule has 0 aromatic heterocycles. The highest BCUT2D eigenvalue weighted by atomic mass is 19.1. The van der Waals surface area contributed by atoms with E-state index in [1.807, 2.05) is 13.8 Å². The zero-order valence-corrected chi connectivity index (χ0v) is 12.9. The Morgan fingerprint density at radius 3 is 2.47 bits per heavy atom. The summed E-state index contributed by atoms with van der Waals surface area (Å²) in [4.78, 5) is 2.14. The van der Waals surface area contributed by atoms with Gasteiger partial charge in [0.1, 0.15) is 5.82 Å². The quantitative estimate of drug-likeness (QED) is 0.813. The van der Waals surface area contributed by atoms with Crippen molar-refractivity contribution in [2.45, 2.75) is 39.7 Å². The Balaban J connectivity index is 2.95. The Morgan fingerprint density at radius 2 is 1.95 bits per heavy atom. The van der Waals surface area contributed by atoms with Gasteiger partial charge in [-0.15, -0.1) is 0 Å². The van der Waals surface area contributed by atoms with Crippen molar-refractivity contribution >= 4 is 0 Å². The first-order valence-electron chi connectivity index (χ1n) is 7.10. The van der Waals surface area contributed by atoms with Crippen molar-refractivity contribution in [1.82, 2.24) is 10.2 Å². The van der Waals surface area contributed by atoms with Crippen LogP contribution in [0.5, 0.6) is 0 Å². The van der Waals surface area contributed by atoms with E-state index in [4.69, 9.17) is 0 Å². The molecule has 0 fully saturated rings. The van der Waals surface area contributed by atoms with Crippen molar-refractivity contribution in [2.75, 3.05) is 27.2 Å². The smallest absolute Gasteiger partial charge is 0.128 e. The molecule has 1 rings (SSSR count). The second kappa shape index (κ2) is 7.61. The molecule has 19 heavy (non-hydrogen) atoms. The predicted octanol–water partition coefficient (Wildman–Crippen LogP) is 3.43. The minimum Gasteiger partial charge on any atom is -0.310 e. The van der Waals surface area contributed by atoms with E-state index in [0.717, 1.165) is 42.6 Å². The third-order valence-corrected chi connectivity index (χ3v) is 3.33. The van der Waals surface area contributed by atoms with Crippen LogP contribution in [-0.4, -0.2) is 32.1 Å². The molecule has 108 valence electrons. The maximum Gasteiger partial charge on any atom is 0.128 e. The lowest BCUT2D eigenvalue weighted by molar-refractivity contribution is 0.356. The van der Waals surface area contributed by atoms with Gasteiger partial charge >= 0.3 is 0 Å². The SMILES string of the molecule is CCCNC(CCN(C)C)c1c(C)cc(C)cc1F. The zero-order chi connectivity index (χ0) is 14.4. The van der Waals surface area contributed by atoms with E-state index < -0.39 is 0 Å². The average molecular weight is 266 g/mol. The van der Waals surface area contributed by atoms with Crippen molar-refractivity contribution in [2.24, 2.45) is 0 Å². The molecule has 2 nitrogen and oxygen atoms in total. The van der Waals surface area contributed by atoms with E-state index in [1.54, 1.807) is 6.07 Å². The molecule has 0 radical (unpaired) electrons. The maximum atomic E-state index is 14.3. The number of hydrogen-bond donors (Lipinski definition) is 1. The summed E-state index contributed by atoms with van der Waals surface area (Å²) in [6.07, 6.45) is 1.98. The Labute approximate surface area is 117 Å². The Morgan fingerprint density at radius 1 is 1.26 bits per heavy atom. The van der Waals surface area contributed by atoms with Crippen LogP contribution in [0.1, 0.15) is 42.5 Å². The second-order valence-corrected chi connectivity index (χ2v) is 5.58. The fourth-order valence-electron chi connectivity index (χ4n) is 2.42. The van der Waals surface area contributed by atoms with E-state index in [0.29, 0.717) is 0 Å². The summed E-state index contributed by atoms with van der Waals surface area (Å²) in [6.45, 7) is 7.95. The molecule has 0 amide bonds. The minimum absolute atomic E-state index is 0.0788. The van der Waals surface area contributed by atoms with E-state index in [2.05, 4.69) is 37.3 Å². The van der Waals surface area contributed by atoms with Crippen LogP contribution in [0.4, 0.5) is 4.39 Å². The fraction of sp³-hybridized carbons (Fsp3) is 0.625. The first kappa shape index (κ1) is 16.1. The Bertz CT molecular complexity index is 379. The Kier molecular flexibility index (Phi) is 6.46. The molecule has 0 aliphatic heterocycles. The van der Waals surface area contributed by atoms with Gasteiger partial charge in [-0.25, -0.2) is 4.39 Å². The highest BCUT2D eigenvalue weighted by Crippen LogP contribution is 2.25. The summed E-state index contributed by atoms with van der Waals surface area (Å²) in [5, 5.41) is 3.48. The summed E-state index contributed by atoms with van der Waals surface area (Å²) in [6, 6.07) is 3.80. The number of aryl methyl sites for hydroxylation is 2. The minimum atomic E-state index is -0.0788. The molecule has 1 aromatic carbocycles. The highest BCUT2D eigenvalue weighted by Gasteiger charge is 2.18. The standard InChI is InChI=1S/C16H27FN2/c1-6-8-18-15(7-9-19(4)5)16-13(3)10-12(2)11-14(16)17/h10-11,15,18H,6-9H2,1-5H3. The van der Waals surface area contributed by atoms with Crippen LogP contribution in [0.25, 0.3) is 0 Å². The van der Waals surface area contributed by atoms with Crippen LogP contribution >= 0.6 is 0 Å². The summed E-state index contributed by atoms with van der Waals surface area (Å²) >= 11 is 0. The third-order valence-electron chi connectivity index (χ3n) is 3.33. The van der Waals surface area contributed by atoms with Gasteiger partial charge in [0.05, 0.1) is 0 Å². The normalized spacial score (nSPS) is 13.0. The van der Waals surface area contributed by atoms with E-state index >= 15 is 0 Å². The molecular formula is C16H27FN2. The van der Waals surface area contributed by atoms with Gasteiger partial charge in [-0.3, -0.25) is 0 Å². The van der Waals surface area contributed by atoms with Gasteiger partial charge in [-0.1, -0.05) is 13.0 Å². The van der Waals surface area contributed by atoms with Gasteiger partial charge in [-0.05, 0) is 71.1 Å². The van der Waals surface area contributed by atoms with Crippen LogP contribution in [0.2, 0.25) is 0 Å². The van der Waals surface area contributed by atoms with Crippen LogP contribution in [-0.2, 0) is 0 Å². The summed E-state index contributed by atoms with van der Waals surface area (Å²) in [5.41, 5.74) is 2.87. The molecule has 0 saturated carbocycles. The second-order valence-electron chi connectivity index (χ2n) is 5.58. The molecular weight excluding hydrogens is 239 g/mol. The molecule has 0 bridgehead atoms. The third kappa shape index (κ3) is 4.92. The molecule has 0 saturated heterocycles. The van der Waals surface area contributed by atoms with Crippen LogP contribution in [0.15, 0.2) is 12.1 Å². The largest absolute Gasteiger partial charge is 0.310 e. The number of hydrogen-bond acceptors (Lipinski definition) is 2. The lowest BCUT2D eigenvalue weighted by atomic mass is 9.96. The molecule has 0 spiro atoms. The van der Waals surface area contributed by atoms with Gasteiger partial charge in [0, 0.05) is 11.6 Å². The number of benzene rings is 1. The fourth-order valence-corrected chi connectivity index (χ4v) is 2.42. The van der Waals surface area contributed by atoms with Gasteiger partial charge < -0.3 is 10.2 Å². The number of rotatable bonds is 7. The van der Waals surface area contributed by atoms with Gasteiger partial charge in [-0.2, -0.15) is 0 Å². The van der Waals surface area contributed by atoms with Gasteiger partial charge in [0.25, 0.3) is 0 Å². The number of halogens is 1. The van der Waals surface area contributed by atoms with E-state index in [1.165, 1.54) is 0 Å². The van der Waals surface area contributed by atoms with Gasteiger partial charge in [0.15, 0.2) is 0 Å². The van der Waals surface area contributed by atoms with E-state index in [9.17, 15) is 4.39 Å². The van der Waals surface area contributed by atoms with Crippen molar-refractivity contribution in [3.63, 3.8) is 0 Å². The molecule has 0 aliphatic carbocycles. The molecule has 1 unspecified atom stereocenters. The molecule has 0 heterocycles. The molecule has 3 heteroatoms.